The minimum Gasteiger partial charge on any atom is -0.478 e. The summed E-state index contributed by atoms with van der Waals surface area (Å²) in [7, 11) is 2.22. The van der Waals surface area contributed by atoms with Gasteiger partial charge in [-0.05, 0) is 30.8 Å². The summed E-state index contributed by atoms with van der Waals surface area (Å²) >= 11 is 0. The van der Waals surface area contributed by atoms with Crippen LogP contribution in [0.25, 0.3) is 0 Å². The highest BCUT2D eigenvalue weighted by Gasteiger charge is 2.31. The van der Waals surface area contributed by atoms with E-state index in [9.17, 15) is 9.59 Å². The highest BCUT2D eigenvalue weighted by Crippen LogP contribution is 2.36. The van der Waals surface area contributed by atoms with E-state index in [-0.39, 0.29) is 0 Å². The van der Waals surface area contributed by atoms with E-state index in [1.807, 2.05) is 0 Å². The van der Waals surface area contributed by atoms with Crippen molar-refractivity contribution in [2.75, 3.05) is 31.6 Å². The fourth-order valence-corrected chi connectivity index (χ4v) is 3.59. The van der Waals surface area contributed by atoms with Gasteiger partial charge in [0, 0.05) is 55.9 Å². The van der Waals surface area contributed by atoms with Crippen LogP contribution in [0.3, 0.4) is 0 Å². The number of likely N-dealkylation sites (N-methyl/N-ethyl adjacent to an activating group) is 1. The van der Waals surface area contributed by atoms with E-state index in [4.69, 9.17) is 10.2 Å². The molecule has 1 aromatic heterocycles. The van der Waals surface area contributed by atoms with Crippen LogP contribution in [0, 0.1) is 0 Å². The van der Waals surface area contributed by atoms with Gasteiger partial charge in [-0.25, -0.2) is 9.59 Å². The van der Waals surface area contributed by atoms with Crippen LogP contribution >= 0.6 is 0 Å². The molecule has 0 bridgehead atoms. The van der Waals surface area contributed by atoms with Crippen LogP contribution in [-0.4, -0.2) is 58.3 Å². The normalized spacial score (nSPS) is 18.6. The minimum absolute atomic E-state index is 0.484. The number of rotatable bonds is 2. The number of hydrogen-bond acceptors (Lipinski definition) is 4. The Morgan fingerprint density at radius 3 is 2.44 bits per heavy atom. The van der Waals surface area contributed by atoms with Crippen molar-refractivity contribution < 1.29 is 19.8 Å². The van der Waals surface area contributed by atoms with Crippen LogP contribution in [0.5, 0.6) is 0 Å². The lowest BCUT2D eigenvalue weighted by molar-refractivity contribution is -0.134. The van der Waals surface area contributed by atoms with Crippen LogP contribution in [0.4, 0.5) is 5.69 Å². The average molecular weight is 369 g/mol. The zero-order valence-electron chi connectivity index (χ0n) is 15.2. The maximum absolute atomic E-state index is 9.55. The molecule has 1 aromatic carbocycles. The number of benzene rings is 1. The van der Waals surface area contributed by atoms with E-state index >= 15 is 0 Å². The van der Waals surface area contributed by atoms with Crippen molar-refractivity contribution in [1.29, 1.82) is 0 Å². The molecule has 1 saturated heterocycles. The number of anilines is 1. The standard InChI is InChI=1S/C16H19N3.C4H4O4/c1-17-9-10-19-14-6-3-2-5-13(14)11-18-8-4-7-15(18)16(19)12-17;5-3(6)1-2-4(7)8/h2-8,16H,9-12H2,1H3;1-2H,(H,5,6)(H,7,8)/b;2-1-. The second-order valence-corrected chi connectivity index (χ2v) is 6.67. The Morgan fingerprint density at radius 1 is 1.04 bits per heavy atom. The second-order valence-electron chi connectivity index (χ2n) is 6.67. The molecule has 2 aliphatic heterocycles. The quantitative estimate of drug-likeness (QED) is 0.788. The molecule has 0 amide bonds. The lowest BCUT2D eigenvalue weighted by Crippen LogP contribution is -2.47. The Kier molecular flexibility index (Phi) is 5.61. The molecule has 3 heterocycles. The van der Waals surface area contributed by atoms with Gasteiger partial charge in [-0.3, -0.25) is 0 Å². The van der Waals surface area contributed by atoms with Crippen LogP contribution in [-0.2, 0) is 16.1 Å². The van der Waals surface area contributed by atoms with Crippen molar-refractivity contribution in [2.45, 2.75) is 12.6 Å². The number of para-hydroxylation sites is 1. The van der Waals surface area contributed by atoms with E-state index in [1.54, 1.807) is 0 Å². The Bertz CT molecular complexity index is 842. The van der Waals surface area contributed by atoms with E-state index in [1.165, 1.54) is 16.9 Å². The topological polar surface area (TPSA) is 86.0 Å². The molecule has 142 valence electrons. The van der Waals surface area contributed by atoms with Gasteiger partial charge >= 0.3 is 11.9 Å². The smallest absolute Gasteiger partial charge is 0.328 e. The molecule has 4 rings (SSSR count). The van der Waals surface area contributed by atoms with Crippen molar-refractivity contribution in [3.8, 4) is 0 Å². The van der Waals surface area contributed by atoms with E-state index in [0.717, 1.165) is 26.2 Å². The zero-order chi connectivity index (χ0) is 19.4. The van der Waals surface area contributed by atoms with Crippen molar-refractivity contribution in [1.82, 2.24) is 9.47 Å². The summed E-state index contributed by atoms with van der Waals surface area (Å²) in [6, 6.07) is 13.8. The summed E-state index contributed by atoms with van der Waals surface area (Å²) in [5, 5.41) is 15.6. The second kappa shape index (κ2) is 8.09. The number of nitrogens with zero attached hydrogens (tertiary/aromatic N) is 3. The molecule has 0 aliphatic carbocycles. The highest BCUT2D eigenvalue weighted by molar-refractivity contribution is 5.89. The number of hydrogen-bond donors (Lipinski definition) is 2. The maximum atomic E-state index is 9.55. The number of carbonyl (C=O) groups is 2. The summed E-state index contributed by atoms with van der Waals surface area (Å²) in [5.41, 5.74) is 4.30. The Balaban J connectivity index is 0.000000226. The summed E-state index contributed by atoms with van der Waals surface area (Å²) in [6.07, 6.45) is 3.33. The van der Waals surface area contributed by atoms with Gasteiger partial charge in [0.25, 0.3) is 0 Å². The predicted octanol–water partition coefficient (Wildman–Crippen LogP) is 2.05. The Labute approximate surface area is 157 Å². The summed E-state index contributed by atoms with van der Waals surface area (Å²) in [4.78, 5) is 24.1. The van der Waals surface area contributed by atoms with E-state index in [0.29, 0.717) is 18.2 Å². The van der Waals surface area contributed by atoms with Gasteiger partial charge in [0.1, 0.15) is 0 Å². The number of fused-ring (bicyclic) bond motifs is 5. The predicted molar refractivity (Wildman–Crippen MR) is 102 cm³/mol. The molecule has 2 N–H and O–H groups in total. The molecule has 7 nitrogen and oxygen atoms in total. The van der Waals surface area contributed by atoms with Crippen LogP contribution in [0.1, 0.15) is 17.3 Å². The lowest BCUT2D eigenvalue weighted by atomic mass is 10.1. The molecule has 2 aliphatic rings. The molecule has 0 radical (unpaired) electrons. The molecule has 1 fully saturated rings. The largest absolute Gasteiger partial charge is 0.478 e. The SMILES string of the molecule is CN1CCN2c3ccccc3Cn3cccc3C2C1.O=C(O)/C=C\C(=O)O. The van der Waals surface area contributed by atoms with Gasteiger partial charge < -0.3 is 24.6 Å². The summed E-state index contributed by atoms with van der Waals surface area (Å²) < 4.78 is 2.41. The van der Waals surface area contributed by atoms with Gasteiger partial charge in [-0.1, -0.05) is 18.2 Å². The third-order valence-electron chi connectivity index (χ3n) is 4.80. The Hall–Kier alpha value is -3.06. The Morgan fingerprint density at radius 2 is 1.74 bits per heavy atom. The fraction of sp³-hybridized carbons (Fsp3) is 0.300. The van der Waals surface area contributed by atoms with Crippen molar-refractivity contribution in [2.24, 2.45) is 0 Å². The third kappa shape index (κ3) is 4.38. The van der Waals surface area contributed by atoms with E-state index < -0.39 is 11.9 Å². The first-order chi connectivity index (χ1) is 13.0. The first-order valence-corrected chi connectivity index (χ1v) is 8.78. The molecular formula is C20H23N3O4. The molecular weight excluding hydrogens is 346 g/mol. The van der Waals surface area contributed by atoms with E-state index in [2.05, 4.69) is 64.0 Å². The van der Waals surface area contributed by atoms with Gasteiger partial charge in [0.15, 0.2) is 0 Å². The van der Waals surface area contributed by atoms with Crippen LogP contribution in [0.2, 0.25) is 0 Å². The number of carboxylic acid groups (broad SMARTS) is 2. The number of aromatic nitrogens is 1. The van der Waals surface area contributed by atoms with Crippen molar-refractivity contribution in [3.05, 3.63) is 66.0 Å². The molecule has 0 saturated carbocycles. The number of aliphatic carboxylic acids is 2. The highest BCUT2D eigenvalue weighted by atomic mass is 16.4. The zero-order valence-corrected chi connectivity index (χ0v) is 15.2. The molecule has 0 spiro atoms. The molecule has 7 heteroatoms. The first-order valence-electron chi connectivity index (χ1n) is 8.78. The van der Waals surface area contributed by atoms with Crippen LogP contribution in [0.15, 0.2) is 54.7 Å². The lowest BCUT2D eigenvalue weighted by Gasteiger charge is -2.41. The monoisotopic (exact) mass is 369 g/mol. The van der Waals surface area contributed by atoms with Crippen molar-refractivity contribution in [3.63, 3.8) is 0 Å². The van der Waals surface area contributed by atoms with Gasteiger partial charge in [-0.15, -0.1) is 0 Å². The fourth-order valence-electron chi connectivity index (χ4n) is 3.59. The first kappa shape index (κ1) is 18.7. The third-order valence-corrected chi connectivity index (χ3v) is 4.80. The van der Waals surface area contributed by atoms with Crippen LogP contribution < -0.4 is 4.90 Å². The number of piperazine rings is 1. The minimum atomic E-state index is -1.26. The molecule has 27 heavy (non-hydrogen) atoms. The maximum Gasteiger partial charge on any atom is 0.328 e. The molecule has 1 atom stereocenters. The summed E-state index contributed by atoms with van der Waals surface area (Å²) in [5.74, 6) is -2.51. The molecule has 1 unspecified atom stereocenters. The average Bonchev–Trinajstić information content (AvgIpc) is 3.04. The number of carboxylic acids is 2. The van der Waals surface area contributed by atoms with Gasteiger partial charge in [0.05, 0.1) is 6.04 Å². The summed E-state index contributed by atoms with van der Waals surface area (Å²) in [6.45, 7) is 4.36. The van der Waals surface area contributed by atoms with Gasteiger partial charge in [0.2, 0.25) is 0 Å². The van der Waals surface area contributed by atoms with Crippen molar-refractivity contribution >= 4 is 17.6 Å². The van der Waals surface area contributed by atoms with Gasteiger partial charge in [-0.2, -0.15) is 0 Å². The molecule has 2 aromatic rings.